The van der Waals surface area contributed by atoms with Crippen molar-refractivity contribution in [2.45, 2.75) is 45.3 Å². The van der Waals surface area contributed by atoms with Gasteiger partial charge in [-0.2, -0.15) is 13.2 Å². The number of halogens is 3. The Hall–Kier alpha value is -1.53. The van der Waals surface area contributed by atoms with Crippen molar-refractivity contribution in [2.24, 2.45) is 5.41 Å². The summed E-state index contributed by atoms with van der Waals surface area (Å²) in [4.78, 5) is 6.70. The molecule has 0 amide bonds. The van der Waals surface area contributed by atoms with E-state index in [2.05, 4.69) is 29.1 Å². The molecule has 0 spiro atoms. The van der Waals surface area contributed by atoms with Crippen LogP contribution in [-0.4, -0.2) is 16.0 Å². The summed E-state index contributed by atoms with van der Waals surface area (Å²) in [6, 6.07) is 1.46. The van der Waals surface area contributed by atoms with Gasteiger partial charge in [0.2, 0.25) is 5.82 Å². The van der Waals surface area contributed by atoms with Gasteiger partial charge in [-0.25, -0.2) is 9.97 Å². The van der Waals surface area contributed by atoms with Crippen molar-refractivity contribution < 1.29 is 13.2 Å². The number of nitrogen functional groups attached to an aromatic ring is 1. The topological polar surface area (TPSA) is 63.8 Å². The van der Waals surface area contributed by atoms with Crippen LogP contribution < -0.4 is 11.1 Å². The molecule has 106 valence electrons. The van der Waals surface area contributed by atoms with Crippen LogP contribution in [0.2, 0.25) is 0 Å². The lowest BCUT2D eigenvalue weighted by molar-refractivity contribution is -0.144. The summed E-state index contributed by atoms with van der Waals surface area (Å²) in [6.07, 6.45) is -1.73. The molecule has 1 aliphatic rings. The Morgan fingerprint density at radius 1 is 1.37 bits per heavy atom. The molecule has 1 atom stereocenters. The first kappa shape index (κ1) is 13.9. The number of nitrogens with two attached hydrogens (primary N) is 1. The van der Waals surface area contributed by atoms with E-state index in [4.69, 9.17) is 5.73 Å². The van der Waals surface area contributed by atoms with Crippen molar-refractivity contribution in [2.75, 3.05) is 11.1 Å². The lowest BCUT2D eigenvalue weighted by Gasteiger charge is -2.18. The first-order valence-corrected chi connectivity index (χ1v) is 6.14. The number of aromatic nitrogens is 2. The maximum absolute atomic E-state index is 12.6. The lowest BCUT2D eigenvalue weighted by Crippen LogP contribution is -2.20. The Kier molecular flexibility index (Phi) is 3.32. The number of anilines is 2. The third kappa shape index (κ3) is 3.48. The van der Waals surface area contributed by atoms with Crippen LogP contribution in [-0.2, 0) is 6.18 Å². The monoisotopic (exact) mass is 274 g/mol. The van der Waals surface area contributed by atoms with Crippen molar-refractivity contribution >= 4 is 11.6 Å². The number of alkyl halides is 3. The first-order chi connectivity index (χ1) is 8.66. The second-order valence-corrected chi connectivity index (χ2v) is 5.75. The van der Waals surface area contributed by atoms with E-state index in [1.165, 1.54) is 6.07 Å². The Labute approximate surface area is 109 Å². The van der Waals surface area contributed by atoms with Crippen LogP contribution in [0.4, 0.5) is 24.8 Å². The van der Waals surface area contributed by atoms with E-state index in [-0.39, 0.29) is 23.1 Å². The Morgan fingerprint density at radius 3 is 2.58 bits per heavy atom. The highest BCUT2D eigenvalue weighted by molar-refractivity contribution is 5.45. The summed E-state index contributed by atoms with van der Waals surface area (Å²) in [5.41, 5.74) is 5.60. The second kappa shape index (κ2) is 4.54. The van der Waals surface area contributed by atoms with Crippen molar-refractivity contribution in [1.82, 2.24) is 9.97 Å². The highest BCUT2D eigenvalue weighted by Crippen LogP contribution is 2.38. The van der Waals surface area contributed by atoms with Crippen molar-refractivity contribution in [3.63, 3.8) is 0 Å². The third-order valence-electron chi connectivity index (χ3n) is 3.32. The van der Waals surface area contributed by atoms with Crippen molar-refractivity contribution in [3.8, 4) is 0 Å². The fourth-order valence-corrected chi connectivity index (χ4v) is 2.44. The molecule has 1 aromatic rings. The molecule has 1 unspecified atom stereocenters. The SMILES string of the molecule is CC1(C)CCC(Nc2cc(N)nc(C(F)(F)F)n2)C1. The van der Waals surface area contributed by atoms with Crippen LogP contribution in [0.3, 0.4) is 0 Å². The largest absolute Gasteiger partial charge is 0.451 e. The predicted octanol–water partition coefficient (Wildman–Crippen LogP) is 3.07. The zero-order valence-corrected chi connectivity index (χ0v) is 10.9. The number of nitrogens with one attached hydrogen (secondary N) is 1. The van der Waals surface area contributed by atoms with Gasteiger partial charge in [0, 0.05) is 12.1 Å². The zero-order chi connectivity index (χ0) is 14.3. The molecule has 2 rings (SSSR count). The van der Waals surface area contributed by atoms with Crippen LogP contribution in [0, 0.1) is 5.41 Å². The Morgan fingerprint density at radius 2 is 2.05 bits per heavy atom. The quantitative estimate of drug-likeness (QED) is 0.870. The molecular formula is C12H17F3N4. The van der Waals surface area contributed by atoms with Gasteiger partial charge in [-0.05, 0) is 24.7 Å². The predicted molar refractivity (Wildman–Crippen MR) is 66.5 cm³/mol. The molecule has 0 aliphatic heterocycles. The molecule has 1 heterocycles. The molecular weight excluding hydrogens is 257 g/mol. The van der Waals surface area contributed by atoms with Crippen LogP contribution >= 0.6 is 0 Å². The minimum Gasteiger partial charge on any atom is -0.384 e. The summed E-state index contributed by atoms with van der Waals surface area (Å²) in [7, 11) is 0. The van der Waals surface area contributed by atoms with Gasteiger partial charge in [0.15, 0.2) is 0 Å². The highest BCUT2D eigenvalue weighted by atomic mass is 19.4. The fourth-order valence-electron chi connectivity index (χ4n) is 2.44. The number of hydrogen-bond donors (Lipinski definition) is 2. The molecule has 1 aliphatic carbocycles. The van der Waals surface area contributed by atoms with Gasteiger partial charge in [-0.3, -0.25) is 0 Å². The fraction of sp³-hybridized carbons (Fsp3) is 0.667. The van der Waals surface area contributed by atoms with Gasteiger partial charge in [0.1, 0.15) is 11.6 Å². The number of hydrogen-bond acceptors (Lipinski definition) is 4. The summed E-state index contributed by atoms with van der Waals surface area (Å²) in [5, 5.41) is 3.02. The second-order valence-electron chi connectivity index (χ2n) is 5.75. The van der Waals surface area contributed by atoms with E-state index >= 15 is 0 Å². The standard InChI is InChI=1S/C12H17F3N4/c1-11(2)4-3-7(6-11)17-9-5-8(16)18-10(19-9)12(13,14)15/h5,7H,3-4,6H2,1-2H3,(H3,16,17,18,19). The van der Waals surface area contributed by atoms with E-state index < -0.39 is 12.0 Å². The van der Waals surface area contributed by atoms with E-state index in [0.29, 0.717) is 0 Å². The molecule has 1 fully saturated rings. The Balaban J connectivity index is 2.15. The molecule has 3 N–H and O–H groups in total. The number of rotatable bonds is 2. The van der Waals surface area contributed by atoms with Crippen LogP contribution in [0.5, 0.6) is 0 Å². The highest BCUT2D eigenvalue weighted by Gasteiger charge is 2.36. The van der Waals surface area contributed by atoms with Gasteiger partial charge in [-0.15, -0.1) is 0 Å². The van der Waals surface area contributed by atoms with E-state index in [9.17, 15) is 13.2 Å². The van der Waals surface area contributed by atoms with Crippen molar-refractivity contribution in [1.29, 1.82) is 0 Å². The average molecular weight is 274 g/mol. The lowest BCUT2D eigenvalue weighted by atomic mass is 9.92. The minimum atomic E-state index is -4.58. The maximum atomic E-state index is 12.6. The summed E-state index contributed by atoms with van der Waals surface area (Å²) >= 11 is 0. The van der Waals surface area contributed by atoms with E-state index in [1.54, 1.807) is 0 Å². The van der Waals surface area contributed by atoms with Crippen LogP contribution in [0.1, 0.15) is 38.9 Å². The Bertz CT molecular complexity index is 471. The maximum Gasteiger partial charge on any atom is 0.451 e. The molecule has 4 nitrogen and oxygen atoms in total. The molecule has 0 bridgehead atoms. The molecule has 19 heavy (non-hydrogen) atoms. The van der Waals surface area contributed by atoms with Crippen LogP contribution in [0.25, 0.3) is 0 Å². The number of nitrogens with zero attached hydrogens (tertiary/aromatic N) is 2. The third-order valence-corrected chi connectivity index (χ3v) is 3.32. The first-order valence-electron chi connectivity index (χ1n) is 6.14. The molecule has 0 aromatic carbocycles. The molecule has 0 radical (unpaired) electrons. The van der Waals surface area contributed by atoms with E-state index in [0.717, 1.165) is 19.3 Å². The molecule has 1 saturated carbocycles. The van der Waals surface area contributed by atoms with Gasteiger partial charge < -0.3 is 11.1 Å². The van der Waals surface area contributed by atoms with Gasteiger partial charge in [0.05, 0.1) is 0 Å². The van der Waals surface area contributed by atoms with Gasteiger partial charge >= 0.3 is 6.18 Å². The summed E-state index contributed by atoms with van der Waals surface area (Å²) < 4.78 is 37.7. The molecule has 1 aromatic heterocycles. The average Bonchev–Trinajstić information content (AvgIpc) is 2.55. The molecule has 0 saturated heterocycles. The van der Waals surface area contributed by atoms with E-state index in [1.807, 2.05) is 0 Å². The smallest absolute Gasteiger partial charge is 0.384 e. The van der Waals surface area contributed by atoms with Crippen LogP contribution in [0.15, 0.2) is 6.07 Å². The van der Waals surface area contributed by atoms with Gasteiger partial charge in [0.25, 0.3) is 0 Å². The summed E-state index contributed by atoms with van der Waals surface area (Å²) in [6.45, 7) is 4.29. The minimum absolute atomic E-state index is 0.130. The van der Waals surface area contributed by atoms with Gasteiger partial charge in [-0.1, -0.05) is 13.8 Å². The zero-order valence-electron chi connectivity index (χ0n) is 10.9. The van der Waals surface area contributed by atoms with Crippen molar-refractivity contribution in [3.05, 3.63) is 11.9 Å². The normalized spacial score (nSPS) is 22.5. The summed E-state index contributed by atoms with van der Waals surface area (Å²) in [5.74, 6) is -1.24. The molecule has 7 heteroatoms.